The average Bonchev–Trinajstić information content (AvgIpc) is 2.88. The molecular weight excluding hydrogens is 448 g/mol. The van der Waals surface area contributed by atoms with E-state index in [1.54, 1.807) is 0 Å². The SMILES string of the molecule is C=C(C1c2ccccc2-c2ccc(C)c[n+]2C1CCC(/C=C\C)C(C)CC)[n+]1c(C)cc(C)c(C)c1C. The van der Waals surface area contributed by atoms with Gasteiger partial charge in [0.05, 0.1) is 5.56 Å². The van der Waals surface area contributed by atoms with Crippen LogP contribution in [0.3, 0.4) is 0 Å². The largest absolute Gasteiger partial charge is 0.213 e. The maximum atomic E-state index is 4.84. The third-order valence-corrected chi connectivity index (χ3v) is 8.94. The summed E-state index contributed by atoms with van der Waals surface area (Å²) in [6, 6.07) is 16.2. The Morgan fingerprint density at radius 3 is 2.49 bits per heavy atom. The van der Waals surface area contributed by atoms with Gasteiger partial charge in [-0.1, -0.05) is 50.6 Å². The van der Waals surface area contributed by atoms with Crippen LogP contribution < -0.4 is 9.13 Å². The Morgan fingerprint density at radius 1 is 1.05 bits per heavy atom. The standard InChI is InChI=1S/C35H46N2/c1-10-14-30(24(4)11-2)18-20-34-35(29(9)37-26(6)21-25(5)27(7)28(37)8)32-16-13-12-15-31(32)33-19-17-23(3)22-36(33)34/h10,12-17,19,21-22,24,30,34-35H,9,11,18,20H2,1-8H3/q+2/b14-10-. The topological polar surface area (TPSA) is 7.76 Å². The van der Waals surface area contributed by atoms with E-state index in [1.165, 1.54) is 63.4 Å². The lowest BCUT2D eigenvalue weighted by molar-refractivity contribution is -0.721. The van der Waals surface area contributed by atoms with Gasteiger partial charge in [-0.3, -0.25) is 0 Å². The highest BCUT2D eigenvalue weighted by molar-refractivity contribution is 5.67. The van der Waals surface area contributed by atoms with Crippen LogP contribution in [0.1, 0.15) is 85.6 Å². The zero-order valence-electron chi connectivity index (χ0n) is 24.3. The number of fused-ring (bicyclic) bond motifs is 3. The monoisotopic (exact) mass is 494 g/mol. The molecule has 4 atom stereocenters. The predicted octanol–water partition coefficient (Wildman–Crippen LogP) is 8.30. The van der Waals surface area contributed by atoms with Gasteiger partial charge in [0.15, 0.2) is 29.3 Å². The van der Waals surface area contributed by atoms with Gasteiger partial charge in [-0.05, 0) is 75.8 Å². The first-order valence-corrected chi connectivity index (χ1v) is 14.1. The third-order valence-electron chi connectivity index (χ3n) is 8.94. The molecule has 3 aromatic rings. The fourth-order valence-electron chi connectivity index (χ4n) is 6.48. The van der Waals surface area contributed by atoms with Crippen molar-refractivity contribution in [1.29, 1.82) is 0 Å². The van der Waals surface area contributed by atoms with Crippen LogP contribution in [0, 0.1) is 46.5 Å². The second-order valence-corrected chi connectivity index (χ2v) is 11.3. The molecule has 2 heteroatoms. The fraction of sp³-hybridized carbons (Fsp3) is 0.429. The average molecular weight is 495 g/mol. The summed E-state index contributed by atoms with van der Waals surface area (Å²) in [6.07, 6.45) is 10.5. The van der Waals surface area contributed by atoms with Crippen LogP contribution in [0.25, 0.3) is 17.0 Å². The van der Waals surface area contributed by atoms with E-state index in [9.17, 15) is 0 Å². The van der Waals surface area contributed by atoms with E-state index < -0.39 is 0 Å². The smallest absolute Gasteiger partial charge is 0.194 e. The molecule has 0 N–H and O–H groups in total. The van der Waals surface area contributed by atoms with Crippen LogP contribution in [0.5, 0.6) is 0 Å². The maximum absolute atomic E-state index is 4.84. The van der Waals surface area contributed by atoms with Crippen molar-refractivity contribution in [3.8, 4) is 11.3 Å². The number of rotatable bonds is 8. The molecule has 0 radical (unpaired) electrons. The lowest BCUT2D eigenvalue weighted by Crippen LogP contribution is -2.52. The molecule has 3 heterocycles. The Bertz CT molecular complexity index is 1330. The Balaban J connectivity index is 1.89. The highest BCUT2D eigenvalue weighted by atomic mass is 15.1. The van der Waals surface area contributed by atoms with Crippen LogP contribution in [-0.2, 0) is 0 Å². The van der Waals surface area contributed by atoms with Gasteiger partial charge in [-0.15, -0.1) is 0 Å². The van der Waals surface area contributed by atoms with E-state index in [0.29, 0.717) is 17.9 Å². The minimum Gasteiger partial charge on any atom is -0.194 e. The first-order valence-electron chi connectivity index (χ1n) is 14.1. The number of aromatic nitrogens is 2. The van der Waals surface area contributed by atoms with Crippen molar-refractivity contribution < 1.29 is 9.13 Å². The van der Waals surface area contributed by atoms with Gasteiger partial charge in [0.2, 0.25) is 5.69 Å². The molecule has 0 saturated heterocycles. The van der Waals surface area contributed by atoms with Crippen LogP contribution in [-0.4, -0.2) is 0 Å². The summed E-state index contributed by atoms with van der Waals surface area (Å²) in [5.74, 6) is 1.46. The van der Waals surface area contributed by atoms with Gasteiger partial charge < -0.3 is 0 Å². The van der Waals surface area contributed by atoms with Crippen molar-refractivity contribution in [3.63, 3.8) is 0 Å². The zero-order valence-corrected chi connectivity index (χ0v) is 24.3. The van der Waals surface area contributed by atoms with Crippen LogP contribution >= 0.6 is 0 Å². The summed E-state index contributed by atoms with van der Waals surface area (Å²) < 4.78 is 5.00. The lowest BCUT2D eigenvalue weighted by atomic mass is 9.77. The molecule has 2 nitrogen and oxygen atoms in total. The second kappa shape index (κ2) is 11.2. The van der Waals surface area contributed by atoms with E-state index in [0.717, 1.165) is 6.42 Å². The maximum Gasteiger partial charge on any atom is 0.213 e. The number of hydrogen-bond donors (Lipinski definition) is 0. The summed E-state index contributed by atoms with van der Waals surface area (Å²) in [7, 11) is 0. The number of allylic oxidation sites excluding steroid dienone is 3. The van der Waals surface area contributed by atoms with Crippen LogP contribution in [0.15, 0.2) is 67.4 Å². The highest BCUT2D eigenvalue weighted by Crippen LogP contribution is 2.44. The van der Waals surface area contributed by atoms with Crippen molar-refractivity contribution in [3.05, 3.63) is 101 Å². The molecule has 37 heavy (non-hydrogen) atoms. The molecule has 1 aromatic carbocycles. The quantitative estimate of drug-likeness (QED) is 0.220. The van der Waals surface area contributed by atoms with Gasteiger partial charge in [-0.25, -0.2) is 0 Å². The minimum absolute atomic E-state index is 0.197. The van der Waals surface area contributed by atoms with E-state index >= 15 is 0 Å². The van der Waals surface area contributed by atoms with E-state index in [2.05, 4.69) is 125 Å². The highest BCUT2D eigenvalue weighted by Gasteiger charge is 2.45. The Morgan fingerprint density at radius 2 is 1.78 bits per heavy atom. The molecule has 1 aliphatic heterocycles. The van der Waals surface area contributed by atoms with E-state index in [1.807, 2.05) is 0 Å². The summed E-state index contributed by atoms with van der Waals surface area (Å²) in [4.78, 5) is 0. The lowest BCUT2D eigenvalue weighted by Gasteiger charge is -2.31. The molecule has 2 aromatic heterocycles. The fourth-order valence-corrected chi connectivity index (χ4v) is 6.48. The number of pyridine rings is 2. The Hall–Kier alpha value is -3.00. The van der Waals surface area contributed by atoms with Crippen LogP contribution in [0.2, 0.25) is 0 Å². The number of benzene rings is 1. The van der Waals surface area contributed by atoms with Crippen molar-refractivity contribution >= 4 is 5.70 Å². The van der Waals surface area contributed by atoms with Gasteiger partial charge in [0.1, 0.15) is 5.92 Å². The van der Waals surface area contributed by atoms with Crippen molar-refractivity contribution in [2.45, 2.75) is 86.6 Å². The Labute approximate surface area is 225 Å². The first kappa shape index (κ1) is 27.0. The molecule has 0 amide bonds. The first-order chi connectivity index (χ1) is 17.7. The van der Waals surface area contributed by atoms with Gasteiger partial charge in [0.25, 0.3) is 0 Å². The molecule has 4 unspecified atom stereocenters. The third kappa shape index (κ3) is 5.08. The summed E-state index contributed by atoms with van der Waals surface area (Å²) in [5, 5.41) is 0. The van der Waals surface area contributed by atoms with Gasteiger partial charge >= 0.3 is 0 Å². The molecule has 4 rings (SSSR count). The minimum atomic E-state index is 0.197. The molecule has 0 bridgehead atoms. The van der Waals surface area contributed by atoms with Crippen molar-refractivity contribution in [2.24, 2.45) is 11.8 Å². The number of nitrogens with zero attached hydrogens (tertiary/aromatic N) is 2. The number of hydrogen-bond acceptors (Lipinski definition) is 0. The molecule has 1 aliphatic rings. The zero-order chi connectivity index (χ0) is 26.9. The molecule has 0 aliphatic carbocycles. The van der Waals surface area contributed by atoms with E-state index in [-0.39, 0.29) is 5.92 Å². The van der Waals surface area contributed by atoms with Crippen molar-refractivity contribution in [2.75, 3.05) is 0 Å². The Kier molecular flexibility index (Phi) is 8.17. The predicted molar refractivity (Wildman–Crippen MR) is 156 cm³/mol. The van der Waals surface area contributed by atoms with Gasteiger partial charge in [0, 0.05) is 43.5 Å². The molecular formula is C35H46N2+2. The molecule has 0 fully saturated rings. The molecule has 194 valence electrons. The molecule has 0 spiro atoms. The van der Waals surface area contributed by atoms with Crippen molar-refractivity contribution in [1.82, 2.24) is 0 Å². The van der Waals surface area contributed by atoms with Crippen LogP contribution in [0.4, 0.5) is 0 Å². The molecule has 0 saturated carbocycles. The van der Waals surface area contributed by atoms with E-state index in [4.69, 9.17) is 6.58 Å². The number of aryl methyl sites for hydroxylation is 3. The second-order valence-electron chi connectivity index (χ2n) is 11.3. The summed E-state index contributed by atoms with van der Waals surface area (Å²) in [5.41, 5.74) is 11.8. The summed E-state index contributed by atoms with van der Waals surface area (Å²) in [6.45, 7) is 22.9. The summed E-state index contributed by atoms with van der Waals surface area (Å²) >= 11 is 0. The normalized spacial score (nSPS) is 18.4. The van der Waals surface area contributed by atoms with Gasteiger partial charge in [-0.2, -0.15) is 9.13 Å².